The number of carbonyl (C=O) groups is 4. The van der Waals surface area contributed by atoms with E-state index in [0.717, 1.165) is 24.2 Å². The molecule has 196 valence electrons. The second-order valence-electron chi connectivity index (χ2n) is 11.5. The molecule has 1 aromatic carbocycles. The van der Waals surface area contributed by atoms with Crippen LogP contribution in [0.25, 0.3) is 0 Å². The maximum atomic E-state index is 16.5. The van der Waals surface area contributed by atoms with Crippen LogP contribution in [0, 0.1) is 5.92 Å². The first-order valence-corrected chi connectivity index (χ1v) is 15.6. The van der Waals surface area contributed by atoms with E-state index in [2.05, 4.69) is 33.9 Å². The lowest BCUT2D eigenvalue weighted by Gasteiger charge is -2.59. The molecule has 8 nitrogen and oxygen atoms in total. The second-order valence-corrected chi connectivity index (χ2v) is 16.3. The van der Waals surface area contributed by atoms with Crippen LogP contribution >= 0.6 is 0 Å². The summed E-state index contributed by atoms with van der Waals surface area (Å²) in [5, 5.41) is 1.94. The molecule has 3 aliphatic rings. The average Bonchev–Trinajstić information content (AvgIpc) is 2.76. The zero-order valence-corrected chi connectivity index (χ0v) is 22.8. The maximum Gasteiger partial charge on any atom is 0.331 e. The van der Waals surface area contributed by atoms with E-state index in [1.807, 2.05) is 12.2 Å². The number of nitrogens with one attached hydrogen (secondary N) is 1. The lowest BCUT2D eigenvalue weighted by Crippen LogP contribution is -2.82. The molecule has 0 radical (unpaired) electrons. The lowest BCUT2D eigenvalue weighted by atomic mass is 9.53. The first-order chi connectivity index (χ1) is 16.7. The van der Waals surface area contributed by atoms with Crippen molar-refractivity contribution in [2.45, 2.75) is 95.6 Å². The quantitative estimate of drug-likeness (QED) is 0.240. The fourth-order valence-corrected chi connectivity index (χ4v) is 6.12. The largest absolute Gasteiger partial charge is 0.543 e. The molecule has 1 aromatic rings. The molecule has 4 atom stereocenters. The molecule has 10 heteroatoms. The van der Waals surface area contributed by atoms with Crippen LogP contribution in [0.3, 0.4) is 0 Å². The highest BCUT2D eigenvalue weighted by molar-refractivity contribution is 6.74. The van der Waals surface area contributed by atoms with E-state index in [-0.39, 0.29) is 17.2 Å². The molecule has 1 saturated carbocycles. The van der Waals surface area contributed by atoms with Crippen LogP contribution in [0.5, 0.6) is 11.5 Å². The number of unbranched alkanes of at least 4 members (excludes halogenated alkanes) is 3. The first kappa shape index (κ1) is 26.3. The van der Waals surface area contributed by atoms with Crippen LogP contribution in [-0.2, 0) is 14.4 Å². The molecule has 1 saturated heterocycles. The summed E-state index contributed by atoms with van der Waals surface area (Å²) in [6.45, 7) is 12.5. The number of urea groups is 1. The van der Waals surface area contributed by atoms with Gasteiger partial charge in [0.1, 0.15) is 11.5 Å². The zero-order valence-electron chi connectivity index (χ0n) is 21.8. The molecule has 2 heterocycles. The van der Waals surface area contributed by atoms with Crippen LogP contribution in [0.1, 0.15) is 71.3 Å². The van der Waals surface area contributed by atoms with Crippen LogP contribution in [-0.4, -0.2) is 48.7 Å². The Morgan fingerprint density at radius 3 is 2.53 bits per heavy atom. The highest BCUT2D eigenvalue weighted by Gasteiger charge is 2.77. The normalized spacial score (nSPS) is 27.2. The monoisotopic (exact) mass is 518 g/mol. The van der Waals surface area contributed by atoms with Gasteiger partial charge in [-0.05, 0) is 30.6 Å². The Morgan fingerprint density at radius 1 is 1.19 bits per heavy atom. The smallest absolute Gasteiger partial charge is 0.331 e. The molecule has 0 aromatic heterocycles. The van der Waals surface area contributed by atoms with Gasteiger partial charge in [0.05, 0.1) is 12.0 Å². The summed E-state index contributed by atoms with van der Waals surface area (Å²) in [4.78, 5) is 52.1. The first-order valence-electron chi connectivity index (χ1n) is 12.6. The number of hydrogen-bond donors (Lipinski definition) is 1. The number of halogens is 1. The fourth-order valence-electron chi connectivity index (χ4n) is 5.10. The Balaban J connectivity index is 1.64. The molecule has 0 unspecified atom stereocenters. The molecule has 0 bridgehead atoms. The molecular weight excluding hydrogens is 483 g/mol. The van der Waals surface area contributed by atoms with Crippen LogP contribution in [0.4, 0.5) is 9.18 Å². The second kappa shape index (κ2) is 8.97. The van der Waals surface area contributed by atoms with E-state index in [1.165, 1.54) is 0 Å². The van der Waals surface area contributed by atoms with E-state index in [0.29, 0.717) is 17.7 Å². The van der Waals surface area contributed by atoms with Crippen molar-refractivity contribution in [1.82, 2.24) is 10.2 Å². The van der Waals surface area contributed by atoms with Gasteiger partial charge >= 0.3 is 12.0 Å². The van der Waals surface area contributed by atoms with Gasteiger partial charge in [0.2, 0.25) is 19.9 Å². The minimum atomic E-state index is -2.62. The van der Waals surface area contributed by atoms with Crippen LogP contribution in [0.2, 0.25) is 18.1 Å². The van der Waals surface area contributed by atoms with Gasteiger partial charge in [-0.25, -0.2) is 9.18 Å². The Bertz CT molecular complexity index is 1120. The Labute approximate surface area is 212 Å². The number of nitrogens with zero attached hydrogens (tertiary/aromatic N) is 1. The summed E-state index contributed by atoms with van der Waals surface area (Å²) in [6.07, 6.45) is 3.27. The number of amides is 4. The molecule has 4 rings (SSSR count). The summed E-state index contributed by atoms with van der Waals surface area (Å²) in [5.41, 5.74) is -2.27. The number of alkyl halides is 1. The third kappa shape index (κ3) is 4.03. The highest BCUT2D eigenvalue weighted by atomic mass is 28.4. The number of benzene rings is 1. The number of ether oxygens (including phenoxy) is 1. The molecule has 36 heavy (non-hydrogen) atoms. The van der Waals surface area contributed by atoms with Gasteiger partial charge in [-0.15, -0.1) is 0 Å². The van der Waals surface area contributed by atoms with Crippen molar-refractivity contribution >= 4 is 32.1 Å². The summed E-state index contributed by atoms with van der Waals surface area (Å²) in [5.74, 6) is -4.16. The highest BCUT2D eigenvalue weighted by Crippen LogP contribution is 2.61. The molecule has 1 N–H and O–H groups in total. The van der Waals surface area contributed by atoms with Gasteiger partial charge < -0.3 is 9.16 Å². The van der Waals surface area contributed by atoms with Crippen LogP contribution in [0.15, 0.2) is 18.2 Å². The van der Waals surface area contributed by atoms with Gasteiger partial charge in [0, 0.05) is 24.0 Å². The van der Waals surface area contributed by atoms with E-state index < -0.39 is 55.7 Å². The summed E-state index contributed by atoms with van der Waals surface area (Å²) in [7, 11) is -2.18. The van der Waals surface area contributed by atoms with E-state index in [9.17, 15) is 19.2 Å². The SMILES string of the molecule is CCCCCCC(=O)N1C(=O)NC(=O)[C@@]2(F)[C@@H]3c4ccc(O[Si](C)(C)C(C)(C)C)cc4OC(=O)[C@@H]3[C@@H]12. The van der Waals surface area contributed by atoms with Crippen molar-refractivity contribution in [3.63, 3.8) is 0 Å². The van der Waals surface area contributed by atoms with Crippen molar-refractivity contribution in [3.05, 3.63) is 23.8 Å². The number of carbonyl (C=O) groups excluding carboxylic acids is 4. The third-order valence-corrected chi connectivity index (χ3v) is 12.5. The summed E-state index contributed by atoms with van der Waals surface area (Å²) in [6, 6.07) is 2.35. The van der Waals surface area contributed by atoms with Crippen molar-refractivity contribution < 1.29 is 32.7 Å². The van der Waals surface area contributed by atoms with Crippen molar-refractivity contribution in [1.29, 1.82) is 0 Å². The predicted molar refractivity (Wildman–Crippen MR) is 133 cm³/mol. The van der Waals surface area contributed by atoms with Gasteiger partial charge in [0.25, 0.3) is 5.91 Å². The Morgan fingerprint density at radius 2 is 1.89 bits per heavy atom. The zero-order chi connectivity index (χ0) is 26.6. The van der Waals surface area contributed by atoms with Crippen molar-refractivity contribution in [3.8, 4) is 11.5 Å². The molecule has 2 fully saturated rings. The molecule has 4 amide bonds. The topological polar surface area (TPSA) is 102 Å². The van der Waals surface area contributed by atoms with Gasteiger partial charge in [-0.2, -0.15) is 0 Å². The minimum absolute atomic E-state index is 0.0331. The fraction of sp³-hybridized carbons (Fsp3) is 0.615. The van der Waals surface area contributed by atoms with Gasteiger partial charge in [-0.1, -0.05) is 53.0 Å². The summed E-state index contributed by atoms with van der Waals surface area (Å²) < 4.78 is 28.4. The van der Waals surface area contributed by atoms with Gasteiger partial charge in [0.15, 0.2) is 0 Å². The number of esters is 1. The predicted octanol–water partition coefficient (Wildman–Crippen LogP) is 4.83. The van der Waals surface area contributed by atoms with E-state index in [1.54, 1.807) is 18.2 Å². The van der Waals surface area contributed by atoms with Crippen molar-refractivity contribution in [2.75, 3.05) is 0 Å². The molecule has 2 aliphatic heterocycles. The minimum Gasteiger partial charge on any atom is -0.543 e. The Hall–Kier alpha value is -2.75. The number of fused-ring (bicyclic) bond motifs is 6. The van der Waals surface area contributed by atoms with Crippen LogP contribution < -0.4 is 14.5 Å². The maximum absolute atomic E-state index is 16.5. The van der Waals surface area contributed by atoms with E-state index in [4.69, 9.17) is 9.16 Å². The number of rotatable bonds is 7. The summed E-state index contributed by atoms with van der Waals surface area (Å²) >= 11 is 0. The average molecular weight is 519 g/mol. The Kier molecular flexibility index (Phi) is 6.56. The number of imide groups is 2. The standard InChI is InChI=1S/C26H35FN2O6Si/c1-7-8-9-10-11-18(30)29-21-19-20(26(21,27)23(32)28-24(29)33)16-13-12-15(14-17(16)34-22(19)31)35-36(5,6)25(2,3)4/h12-14,19-21H,7-11H2,1-6H3,(H,28,32,33)/t19-,20+,21+,26+/m0/s1. The van der Waals surface area contributed by atoms with E-state index >= 15 is 4.39 Å². The lowest BCUT2D eigenvalue weighted by molar-refractivity contribution is -0.186. The third-order valence-electron chi connectivity index (χ3n) is 8.14. The van der Waals surface area contributed by atoms with Crippen molar-refractivity contribution in [2.24, 2.45) is 5.92 Å². The molecular formula is C26H35FN2O6Si. The number of hydrogen-bond acceptors (Lipinski definition) is 6. The molecule has 0 spiro atoms. The van der Waals surface area contributed by atoms with Gasteiger partial charge in [-0.3, -0.25) is 24.6 Å². The molecule has 1 aliphatic carbocycles.